The van der Waals surface area contributed by atoms with Crippen LogP contribution in [0.15, 0.2) is 0 Å². The minimum Gasteiger partial charge on any atom is -0.550 e. The standard InChI is InChI=1S/2C12H14O13.3Fe.2Na/c2*13-5(14)1-11(24,9(20)21)4-8(19)25-12(10(22)23,2-6(15)16)3-7(17)18;;;;;/h2*24H,1-4H2,(H,13,14)(H,15,16)(H,17,18)(H,20,21)(H,22,23);;;;;/q;;+2;2*+3;2*+1/p-10. The van der Waals surface area contributed by atoms with Crippen LogP contribution in [0.25, 0.3) is 0 Å². The number of carboxylic acid groups (broad SMARTS) is 10. The molecule has 55 heavy (non-hydrogen) atoms. The number of hydrogen-bond acceptors (Lipinski definition) is 26. The van der Waals surface area contributed by atoms with Crippen LogP contribution in [-0.2, 0) is 118 Å². The maximum absolute atomic E-state index is 11.6. The number of carbonyl (C=O) groups excluding carboxylic acids is 12. The maximum atomic E-state index is 11.6. The Bertz CT molecular complexity index is 1320. The van der Waals surface area contributed by atoms with E-state index in [1.54, 1.807) is 0 Å². The second-order valence-electron chi connectivity index (χ2n) is 9.80. The van der Waals surface area contributed by atoms with Gasteiger partial charge in [0, 0.05) is 74.3 Å². The molecule has 0 aromatic heterocycles. The summed E-state index contributed by atoms with van der Waals surface area (Å²) in [5, 5.41) is 126. The molecule has 296 valence electrons. The number of ether oxygens (including phenoxy) is 2. The van der Waals surface area contributed by atoms with Crippen LogP contribution in [0.3, 0.4) is 0 Å². The minimum absolute atomic E-state index is 0. The number of aliphatic carboxylic acids is 10. The second kappa shape index (κ2) is 28.5. The molecule has 0 spiro atoms. The Morgan fingerprint density at radius 3 is 0.673 bits per heavy atom. The molecule has 0 aliphatic heterocycles. The van der Waals surface area contributed by atoms with E-state index in [0.717, 1.165) is 0 Å². The first-order valence-electron chi connectivity index (χ1n) is 12.4. The van der Waals surface area contributed by atoms with Crippen LogP contribution in [-0.4, -0.2) is 104 Å². The van der Waals surface area contributed by atoms with E-state index in [-0.39, 0.29) is 110 Å². The van der Waals surface area contributed by atoms with Gasteiger partial charge in [0.05, 0.1) is 36.7 Å². The molecule has 0 bridgehead atoms. The molecule has 0 fully saturated rings. The average Bonchev–Trinajstić information content (AvgIpc) is 2.85. The Balaban J connectivity index is -0.000000154. The fourth-order valence-corrected chi connectivity index (χ4v) is 3.45. The van der Waals surface area contributed by atoms with E-state index >= 15 is 0 Å². The van der Waals surface area contributed by atoms with Crippen molar-refractivity contribution in [2.24, 2.45) is 0 Å². The first-order valence-corrected chi connectivity index (χ1v) is 12.4. The quantitative estimate of drug-likeness (QED) is 0.0752. The van der Waals surface area contributed by atoms with Gasteiger partial charge in [-0.05, 0) is 0 Å². The Kier molecular flexibility index (Phi) is 34.7. The van der Waals surface area contributed by atoms with Gasteiger partial charge < -0.3 is 119 Å². The fourth-order valence-electron chi connectivity index (χ4n) is 3.45. The van der Waals surface area contributed by atoms with Crippen LogP contribution >= 0.6 is 0 Å². The number of carboxylic acids is 10. The van der Waals surface area contributed by atoms with Crippen molar-refractivity contribution in [3.63, 3.8) is 0 Å². The third-order valence-electron chi connectivity index (χ3n) is 5.59. The largest absolute Gasteiger partial charge is 3.00 e. The van der Waals surface area contributed by atoms with Crippen molar-refractivity contribution in [2.45, 2.75) is 73.8 Å². The molecule has 0 aliphatic rings. The van der Waals surface area contributed by atoms with Crippen LogP contribution in [0.5, 0.6) is 0 Å². The van der Waals surface area contributed by atoms with Crippen molar-refractivity contribution in [3.05, 3.63) is 0 Å². The van der Waals surface area contributed by atoms with Gasteiger partial charge in [0.15, 0.2) is 11.2 Å². The number of esters is 2. The first-order chi connectivity index (χ1) is 22.5. The van der Waals surface area contributed by atoms with Gasteiger partial charge in [0.2, 0.25) is 0 Å². The molecule has 0 aromatic carbocycles. The Morgan fingerprint density at radius 1 is 0.364 bits per heavy atom. The number of aliphatic hydroxyl groups is 2. The zero-order valence-electron chi connectivity index (χ0n) is 27.4. The first kappa shape index (κ1) is 66.9. The minimum atomic E-state index is -3.39. The van der Waals surface area contributed by atoms with Gasteiger partial charge >= 0.3 is 122 Å². The Labute approximate surface area is 380 Å². The zero-order chi connectivity index (χ0) is 40.0. The normalized spacial score (nSPS) is 12.1. The molecule has 0 amide bonds. The second-order valence-corrected chi connectivity index (χ2v) is 9.80. The number of hydrogen-bond donors (Lipinski definition) is 2. The molecular weight excluding hydrogens is 918 g/mol. The van der Waals surface area contributed by atoms with Crippen molar-refractivity contribution in [1.82, 2.24) is 0 Å². The van der Waals surface area contributed by atoms with Gasteiger partial charge in [-0.25, -0.2) is 0 Å². The van der Waals surface area contributed by atoms with E-state index in [2.05, 4.69) is 9.47 Å². The van der Waals surface area contributed by atoms with Crippen LogP contribution in [0.2, 0.25) is 0 Å². The van der Waals surface area contributed by atoms with Gasteiger partial charge in [0.25, 0.3) is 0 Å². The summed E-state index contributed by atoms with van der Waals surface area (Å²) in [6.07, 6.45) is -13.6. The predicted molar refractivity (Wildman–Crippen MR) is 115 cm³/mol. The van der Waals surface area contributed by atoms with Gasteiger partial charge in [-0.1, -0.05) is 0 Å². The fraction of sp³-hybridized carbons (Fsp3) is 0.500. The third kappa shape index (κ3) is 24.4. The number of carbonyl (C=O) groups is 12. The molecule has 31 heteroatoms. The summed E-state index contributed by atoms with van der Waals surface area (Å²) >= 11 is 0. The molecule has 2 N–H and O–H groups in total. The monoisotopic (exact) mass is 936 g/mol. The Morgan fingerprint density at radius 2 is 0.545 bits per heavy atom. The van der Waals surface area contributed by atoms with Crippen LogP contribution in [0, 0.1) is 0 Å². The third-order valence-corrected chi connectivity index (χ3v) is 5.59. The van der Waals surface area contributed by atoms with E-state index in [9.17, 15) is 119 Å². The van der Waals surface area contributed by atoms with Gasteiger partial charge in [0.1, 0.15) is 11.2 Å². The van der Waals surface area contributed by atoms with E-state index in [4.69, 9.17) is 0 Å². The SMILES string of the molecule is O=C([O-])CC(O)(CC(=O)OC(CC(=O)[O-])(CC(=O)[O-])C(=O)[O-])C(=O)[O-].O=C([O-])CC(O)(CC(=O)OC(CC(=O)[O-])(CC(=O)[O-])C(=O)[O-])C(=O)[O-].[Fe+2].[Fe+3].[Fe+3].[Na+].[Na+]. The number of rotatable bonds is 22. The molecule has 2 unspecified atom stereocenters. The van der Waals surface area contributed by atoms with Crippen LogP contribution in [0.4, 0.5) is 0 Å². The van der Waals surface area contributed by atoms with E-state index in [1.807, 2.05) is 0 Å². The summed E-state index contributed by atoms with van der Waals surface area (Å²) in [6.45, 7) is 0. The summed E-state index contributed by atoms with van der Waals surface area (Å²) in [5.74, 6) is -26.8. The van der Waals surface area contributed by atoms with E-state index in [1.165, 1.54) is 0 Å². The maximum Gasteiger partial charge on any atom is 3.00 e. The van der Waals surface area contributed by atoms with Crippen LogP contribution < -0.4 is 110 Å². The summed E-state index contributed by atoms with van der Waals surface area (Å²) in [5.41, 5.74) is -13.5. The van der Waals surface area contributed by atoms with Crippen molar-refractivity contribution < 1.29 is 239 Å². The summed E-state index contributed by atoms with van der Waals surface area (Å²) in [4.78, 5) is 130. The molecule has 2 atom stereocenters. The summed E-state index contributed by atoms with van der Waals surface area (Å²) < 4.78 is 8.28. The van der Waals surface area contributed by atoms with Crippen molar-refractivity contribution >= 4 is 71.6 Å². The van der Waals surface area contributed by atoms with Gasteiger partial charge in [-0.15, -0.1) is 0 Å². The van der Waals surface area contributed by atoms with Crippen molar-refractivity contribution in [1.29, 1.82) is 0 Å². The molecule has 0 aromatic rings. The Hall–Kier alpha value is -2.88. The molecular formula is C24H18Fe3Na2O26. The average molecular weight is 936 g/mol. The van der Waals surface area contributed by atoms with E-state index in [0.29, 0.717) is 0 Å². The smallest absolute Gasteiger partial charge is 0.550 e. The topological polar surface area (TPSA) is 494 Å². The molecule has 0 saturated carbocycles. The zero-order valence-corrected chi connectivity index (χ0v) is 34.7. The molecule has 0 rings (SSSR count). The molecule has 0 heterocycles. The summed E-state index contributed by atoms with van der Waals surface area (Å²) in [7, 11) is 0. The van der Waals surface area contributed by atoms with Crippen molar-refractivity contribution in [3.8, 4) is 0 Å². The summed E-state index contributed by atoms with van der Waals surface area (Å²) in [6, 6.07) is 0. The molecule has 0 aliphatic carbocycles. The van der Waals surface area contributed by atoms with Crippen molar-refractivity contribution in [2.75, 3.05) is 0 Å². The molecule has 0 saturated heterocycles. The molecule has 26 nitrogen and oxygen atoms in total. The van der Waals surface area contributed by atoms with Gasteiger partial charge in [-0.3, -0.25) is 9.59 Å². The van der Waals surface area contributed by atoms with Crippen LogP contribution in [0.1, 0.15) is 51.4 Å². The predicted octanol–water partition coefficient (Wildman–Crippen LogP) is -23.4. The van der Waals surface area contributed by atoms with Gasteiger partial charge in [-0.2, -0.15) is 0 Å². The molecule has 2 radical (unpaired) electrons. The van der Waals surface area contributed by atoms with E-state index < -0.39 is 145 Å².